The number of ether oxygens (including phenoxy) is 2. The fourth-order valence-electron chi connectivity index (χ4n) is 5.35. The number of fused-ring (bicyclic) bond motifs is 1. The van der Waals surface area contributed by atoms with Crippen molar-refractivity contribution in [2.24, 2.45) is 0 Å². The van der Waals surface area contributed by atoms with Crippen molar-refractivity contribution >= 4 is 5.91 Å². The lowest BCUT2D eigenvalue weighted by molar-refractivity contribution is -0.140. The fourth-order valence-corrected chi connectivity index (χ4v) is 5.35. The summed E-state index contributed by atoms with van der Waals surface area (Å²) < 4.78 is 65.0. The number of hydrogen-bond acceptors (Lipinski definition) is 4. The molecule has 0 spiro atoms. The fraction of sp³-hybridized carbons (Fsp3) is 0.345. The Hall–Kier alpha value is -3.59. The molecule has 1 fully saturated rings. The summed E-state index contributed by atoms with van der Waals surface area (Å²) in [6, 6.07) is 16.7. The summed E-state index contributed by atoms with van der Waals surface area (Å²) in [5, 5.41) is 3.38. The van der Waals surface area contributed by atoms with Crippen LogP contribution in [0.5, 0.6) is 11.5 Å². The van der Waals surface area contributed by atoms with Crippen LogP contribution in [0.3, 0.4) is 0 Å². The molecule has 0 bridgehead atoms. The summed E-state index contributed by atoms with van der Waals surface area (Å²) in [5.74, 6) is 0.134. The van der Waals surface area contributed by atoms with Gasteiger partial charge in [-0.25, -0.2) is 4.39 Å². The van der Waals surface area contributed by atoms with E-state index in [1.807, 2.05) is 30.3 Å². The zero-order valence-electron chi connectivity index (χ0n) is 20.8. The average molecular weight is 529 g/mol. The molecule has 1 amide bonds. The molecule has 0 saturated carbocycles. The van der Waals surface area contributed by atoms with Gasteiger partial charge < -0.3 is 19.7 Å². The van der Waals surface area contributed by atoms with Gasteiger partial charge in [0.05, 0.1) is 18.7 Å². The van der Waals surface area contributed by atoms with Crippen LogP contribution in [0.1, 0.15) is 41.1 Å². The van der Waals surface area contributed by atoms with E-state index < -0.39 is 23.7 Å². The summed E-state index contributed by atoms with van der Waals surface area (Å²) >= 11 is 0. The monoisotopic (exact) mass is 528 g/mol. The number of nitrogens with zero attached hydrogens (tertiary/aromatic N) is 1. The van der Waals surface area contributed by atoms with Gasteiger partial charge in [0.2, 0.25) is 0 Å². The Balaban J connectivity index is 1.37. The van der Waals surface area contributed by atoms with Gasteiger partial charge in [-0.3, -0.25) is 4.79 Å². The van der Waals surface area contributed by atoms with E-state index in [0.29, 0.717) is 42.9 Å². The second-order valence-electron chi connectivity index (χ2n) is 9.58. The van der Waals surface area contributed by atoms with E-state index in [4.69, 9.17) is 9.47 Å². The molecule has 2 heterocycles. The molecule has 5 nitrogen and oxygen atoms in total. The van der Waals surface area contributed by atoms with Crippen molar-refractivity contribution in [3.05, 3.63) is 94.8 Å². The predicted molar refractivity (Wildman–Crippen MR) is 133 cm³/mol. The molecule has 3 unspecified atom stereocenters. The maximum absolute atomic E-state index is 13.8. The molecule has 1 saturated heterocycles. The van der Waals surface area contributed by atoms with Crippen molar-refractivity contribution in [2.75, 3.05) is 13.7 Å². The number of likely N-dealkylation sites (tertiary alicyclic amines) is 1. The molecule has 200 valence electrons. The Morgan fingerprint density at radius 2 is 1.87 bits per heavy atom. The molecule has 38 heavy (non-hydrogen) atoms. The number of amides is 1. The van der Waals surface area contributed by atoms with E-state index in [2.05, 4.69) is 5.32 Å². The van der Waals surface area contributed by atoms with E-state index in [1.165, 1.54) is 25.3 Å². The molecule has 3 aromatic rings. The Morgan fingerprint density at radius 3 is 2.61 bits per heavy atom. The van der Waals surface area contributed by atoms with E-state index in [0.717, 1.165) is 23.3 Å². The van der Waals surface area contributed by atoms with Crippen LogP contribution >= 0.6 is 0 Å². The van der Waals surface area contributed by atoms with Crippen LogP contribution in [-0.4, -0.2) is 36.6 Å². The van der Waals surface area contributed by atoms with Gasteiger partial charge in [0.15, 0.2) is 6.10 Å². The van der Waals surface area contributed by atoms with Crippen molar-refractivity contribution in [2.45, 2.75) is 50.2 Å². The minimum absolute atomic E-state index is 0.135. The maximum atomic E-state index is 13.8. The molecular formula is C29H28F4N2O3. The first-order chi connectivity index (χ1) is 18.2. The number of carbonyl (C=O) groups excluding carboxylic acids is 1. The molecule has 2 aliphatic rings. The highest BCUT2D eigenvalue weighted by atomic mass is 19.4. The number of nitrogens with one attached hydrogen (secondary N) is 1. The molecule has 5 rings (SSSR count). The molecule has 3 aromatic carbocycles. The summed E-state index contributed by atoms with van der Waals surface area (Å²) in [5.41, 5.74) is 1.41. The highest BCUT2D eigenvalue weighted by molar-refractivity contribution is 5.82. The number of hydrogen-bond donors (Lipinski definition) is 1. The minimum atomic E-state index is -4.47. The lowest BCUT2D eigenvalue weighted by Crippen LogP contribution is -2.45. The van der Waals surface area contributed by atoms with Crippen LogP contribution < -0.4 is 14.8 Å². The summed E-state index contributed by atoms with van der Waals surface area (Å²) in [7, 11) is 1.42. The predicted octanol–water partition coefficient (Wildman–Crippen LogP) is 5.68. The number of rotatable bonds is 6. The zero-order valence-corrected chi connectivity index (χ0v) is 20.8. The number of benzene rings is 3. The number of aryl methyl sites for hydroxylation is 1. The van der Waals surface area contributed by atoms with Crippen LogP contribution in [0.2, 0.25) is 0 Å². The van der Waals surface area contributed by atoms with E-state index in [-0.39, 0.29) is 24.5 Å². The van der Waals surface area contributed by atoms with Crippen molar-refractivity contribution in [3.63, 3.8) is 0 Å². The van der Waals surface area contributed by atoms with Gasteiger partial charge in [0.25, 0.3) is 5.91 Å². The number of alkyl halides is 3. The first-order valence-corrected chi connectivity index (χ1v) is 12.5. The zero-order chi connectivity index (χ0) is 26.9. The number of methoxy groups -OCH3 is 1. The van der Waals surface area contributed by atoms with Crippen LogP contribution in [-0.2, 0) is 23.9 Å². The van der Waals surface area contributed by atoms with Gasteiger partial charge in [-0.15, -0.1) is 0 Å². The summed E-state index contributed by atoms with van der Waals surface area (Å²) in [6.45, 7) is 0.585. The first kappa shape index (κ1) is 26.0. The molecule has 0 radical (unpaired) electrons. The Labute approximate surface area is 218 Å². The second kappa shape index (κ2) is 10.6. The molecule has 0 aliphatic carbocycles. The van der Waals surface area contributed by atoms with Crippen LogP contribution in [0, 0.1) is 5.82 Å². The third-order valence-electron chi connectivity index (χ3n) is 7.23. The molecular weight excluding hydrogens is 500 g/mol. The van der Waals surface area contributed by atoms with Gasteiger partial charge in [-0.1, -0.05) is 36.4 Å². The van der Waals surface area contributed by atoms with E-state index in [1.54, 1.807) is 11.0 Å². The summed E-state index contributed by atoms with van der Waals surface area (Å²) in [6.07, 6.45) is -3.52. The molecule has 0 aromatic heterocycles. The van der Waals surface area contributed by atoms with E-state index in [9.17, 15) is 22.4 Å². The quantitative estimate of drug-likeness (QED) is 0.419. The van der Waals surface area contributed by atoms with Crippen molar-refractivity contribution < 1.29 is 31.8 Å². The lowest BCUT2D eigenvalue weighted by Gasteiger charge is -2.34. The van der Waals surface area contributed by atoms with Gasteiger partial charge in [-0.2, -0.15) is 13.2 Å². The molecule has 1 N–H and O–H groups in total. The van der Waals surface area contributed by atoms with Crippen molar-refractivity contribution in [1.82, 2.24) is 10.2 Å². The third kappa shape index (κ3) is 5.34. The van der Waals surface area contributed by atoms with Gasteiger partial charge in [0.1, 0.15) is 17.3 Å². The Kier molecular flexibility index (Phi) is 7.29. The van der Waals surface area contributed by atoms with Crippen molar-refractivity contribution in [1.29, 1.82) is 0 Å². The van der Waals surface area contributed by atoms with Crippen LogP contribution in [0.15, 0.2) is 66.7 Å². The molecule has 3 atom stereocenters. The highest BCUT2D eigenvalue weighted by Crippen LogP contribution is 2.37. The standard InChI is InChI=1S/C29H28F4N2O3/c1-37-24-12-9-21(29(31,32)33)15-20(24)17-34-23-13-14-35(27(23)19-5-3-2-4-6-19)28(36)25-11-8-18-7-10-22(30)16-26(18)38-25/h2-7,9-10,12,15-16,23,25,27,34H,8,11,13-14,17H2,1H3. The van der Waals surface area contributed by atoms with Gasteiger partial charge >= 0.3 is 6.18 Å². The maximum Gasteiger partial charge on any atom is 0.416 e. The Morgan fingerprint density at radius 1 is 1.08 bits per heavy atom. The Bertz CT molecular complexity index is 1300. The molecule has 2 aliphatic heterocycles. The topological polar surface area (TPSA) is 50.8 Å². The largest absolute Gasteiger partial charge is 0.496 e. The highest BCUT2D eigenvalue weighted by Gasteiger charge is 2.41. The number of halogens is 4. The second-order valence-corrected chi connectivity index (χ2v) is 9.58. The third-order valence-corrected chi connectivity index (χ3v) is 7.23. The normalized spacial score (nSPS) is 21.1. The minimum Gasteiger partial charge on any atom is -0.496 e. The van der Waals surface area contributed by atoms with Crippen LogP contribution in [0.4, 0.5) is 17.6 Å². The lowest BCUT2D eigenvalue weighted by atomic mass is 9.98. The molecule has 9 heteroatoms. The van der Waals surface area contributed by atoms with Gasteiger partial charge in [0, 0.05) is 30.8 Å². The average Bonchev–Trinajstić information content (AvgIpc) is 3.34. The number of carbonyl (C=O) groups is 1. The SMILES string of the molecule is COc1ccc(C(F)(F)F)cc1CNC1CCN(C(=O)C2CCc3ccc(F)cc3O2)C1c1ccccc1. The smallest absolute Gasteiger partial charge is 0.416 e. The first-order valence-electron chi connectivity index (χ1n) is 12.5. The summed E-state index contributed by atoms with van der Waals surface area (Å²) in [4.78, 5) is 15.5. The van der Waals surface area contributed by atoms with Crippen LogP contribution in [0.25, 0.3) is 0 Å². The van der Waals surface area contributed by atoms with Gasteiger partial charge in [-0.05, 0) is 54.7 Å². The van der Waals surface area contributed by atoms with E-state index >= 15 is 0 Å². The van der Waals surface area contributed by atoms with Crippen molar-refractivity contribution in [3.8, 4) is 11.5 Å².